The Morgan fingerprint density at radius 1 is 1.35 bits per heavy atom. The van der Waals surface area contributed by atoms with Crippen molar-refractivity contribution in [2.75, 3.05) is 26.0 Å². The van der Waals surface area contributed by atoms with E-state index in [2.05, 4.69) is 16.2 Å². The molecule has 7 heteroatoms. The Bertz CT molecular complexity index is 493. The molecule has 3 N–H and O–H groups in total. The minimum Gasteiger partial charge on any atom is -0.331 e. The summed E-state index contributed by atoms with van der Waals surface area (Å²) >= 11 is 5.00. The van der Waals surface area contributed by atoms with Gasteiger partial charge in [-0.1, -0.05) is 6.07 Å². The van der Waals surface area contributed by atoms with Gasteiger partial charge >= 0.3 is 0 Å². The van der Waals surface area contributed by atoms with E-state index in [1.54, 1.807) is 19.1 Å². The SMILES string of the molecule is Cc1ccc(NC(=S)NNC(=O)CCN(C)C)cc1F. The fourth-order valence-electron chi connectivity index (χ4n) is 1.35. The fourth-order valence-corrected chi connectivity index (χ4v) is 1.52. The van der Waals surface area contributed by atoms with Crippen LogP contribution < -0.4 is 16.2 Å². The molecule has 1 rings (SSSR count). The zero-order valence-corrected chi connectivity index (χ0v) is 12.6. The predicted molar refractivity (Wildman–Crippen MR) is 81.8 cm³/mol. The predicted octanol–water partition coefficient (Wildman–Crippen LogP) is 1.40. The number of hydrogen-bond acceptors (Lipinski definition) is 3. The molecule has 0 bridgehead atoms. The minimum absolute atomic E-state index is 0.169. The lowest BCUT2D eigenvalue weighted by molar-refractivity contribution is -0.121. The molecule has 1 amide bonds. The molecule has 0 aliphatic carbocycles. The Morgan fingerprint density at radius 3 is 2.65 bits per heavy atom. The van der Waals surface area contributed by atoms with Crippen molar-refractivity contribution in [1.29, 1.82) is 0 Å². The molecule has 0 aliphatic heterocycles. The number of carbonyl (C=O) groups excluding carboxylic acids is 1. The van der Waals surface area contributed by atoms with Gasteiger partial charge in [-0.2, -0.15) is 0 Å². The van der Waals surface area contributed by atoms with E-state index in [4.69, 9.17) is 12.2 Å². The molecular weight excluding hydrogens is 279 g/mol. The summed E-state index contributed by atoms with van der Waals surface area (Å²) in [6.45, 7) is 2.33. The van der Waals surface area contributed by atoms with Gasteiger partial charge in [0.1, 0.15) is 5.82 Å². The van der Waals surface area contributed by atoms with Crippen LogP contribution >= 0.6 is 12.2 Å². The summed E-state index contributed by atoms with van der Waals surface area (Å²) in [7, 11) is 3.78. The molecule has 0 atom stereocenters. The second-order valence-electron chi connectivity index (χ2n) is 4.64. The van der Waals surface area contributed by atoms with Crippen LogP contribution in [0.25, 0.3) is 0 Å². The van der Waals surface area contributed by atoms with E-state index in [0.717, 1.165) is 0 Å². The molecule has 0 aromatic heterocycles. The largest absolute Gasteiger partial charge is 0.331 e. The van der Waals surface area contributed by atoms with Gasteiger partial charge in [0.25, 0.3) is 0 Å². The number of nitrogens with zero attached hydrogens (tertiary/aromatic N) is 1. The summed E-state index contributed by atoms with van der Waals surface area (Å²) in [5.41, 5.74) is 6.12. The molecule has 0 radical (unpaired) electrons. The first kappa shape index (κ1) is 16.3. The summed E-state index contributed by atoms with van der Waals surface area (Å²) in [6.07, 6.45) is 0.363. The van der Waals surface area contributed by atoms with Gasteiger partial charge < -0.3 is 10.2 Å². The van der Waals surface area contributed by atoms with Crippen LogP contribution in [0.5, 0.6) is 0 Å². The molecule has 5 nitrogen and oxygen atoms in total. The number of rotatable bonds is 4. The van der Waals surface area contributed by atoms with Crippen molar-refractivity contribution in [1.82, 2.24) is 15.8 Å². The number of benzene rings is 1. The monoisotopic (exact) mass is 298 g/mol. The smallest absolute Gasteiger partial charge is 0.239 e. The van der Waals surface area contributed by atoms with E-state index < -0.39 is 0 Å². The maximum atomic E-state index is 13.3. The van der Waals surface area contributed by atoms with Crippen LogP contribution in [0.15, 0.2) is 18.2 Å². The number of aryl methyl sites for hydroxylation is 1. The highest BCUT2D eigenvalue weighted by Crippen LogP contribution is 2.13. The first-order valence-corrected chi connectivity index (χ1v) is 6.56. The Kier molecular flexibility index (Phi) is 6.33. The molecule has 0 spiro atoms. The number of amides is 1. The highest BCUT2D eigenvalue weighted by Gasteiger charge is 2.04. The molecular formula is C13H19FN4OS. The molecule has 110 valence electrons. The van der Waals surface area contributed by atoms with Crippen molar-refractivity contribution in [3.05, 3.63) is 29.6 Å². The average molecular weight is 298 g/mol. The Morgan fingerprint density at radius 2 is 2.05 bits per heavy atom. The second kappa shape index (κ2) is 7.76. The number of halogens is 1. The highest BCUT2D eigenvalue weighted by molar-refractivity contribution is 7.80. The number of nitrogens with one attached hydrogen (secondary N) is 3. The lowest BCUT2D eigenvalue weighted by Crippen LogP contribution is -2.44. The maximum absolute atomic E-state index is 13.3. The van der Waals surface area contributed by atoms with Crippen LogP contribution in [0.3, 0.4) is 0 Å². The van der Waals surface area contributed by atoms with Gasteiger partial charge in [0.05, 0.1) is 0 Å². The third-order valence-corrected chi connectivity index (χ3v) is 2.74. The number of hydrazine groups is 1. The molecule has 0 saturated heterocycles. The molecule has 0 heterocycles. The third kappa shape index (κ3) is 5.94. The van der Waals surface area contributed by atoms with Gasteiger partial charge in [0.2, 0.25) is 5.91 Å². The summed E-state index contributed by atoms with van der Waals surface area (Å²) < 4.78 is 13.3. The van der Waals surface area contributed by atoms with Crippen molar-refractivity contribution in [3.63, 3.8) is 0 Å². The third-order valence-electron chi connectivity index (χ3n) is 2.53. The Balaban J connectivity index is 2.36. The van der Waals surface area contributed by atoms with Crippen molar-refractivity contribution >= 4 is 28.9 Å². The van der Waals surface area contributed by atoms with Gasteiger partial charge in [-0.3, -0.25) is 15.6 Å². The molecule has 20 heavy (non-hydrogen) atoms. The van der Waals surface area contributed by atoms with Crippen molar-refractivity contribution in [2.45, 2.75) is 13.3 Å². The van der Waals surface area contributed by atoms with E-state index in [1.807, 2.05) is 19.0 Å². The van der Waals surface area contributed by atoms with Gasteiger partial charge in [0, 0.05) is 18.7 Å². The minimum atomic E-state index is -0.312. The normalized spacial score (nSPS) is 10.2. The first-order valence-electron chi connectivity index (χ1n) is 6.15. The molecule has 0 saturated carbocycles. The number of thiocarbonyl (C=S) groups is 1. The maximum Gasteiger partial charge on any atom is 0.239 e. The first-order chi connectivity index (χ1) is 9.38. The van der Waals surface area contributed by atoms with E-state index in [-0.39, 0.29) is 16.8 Å². The molecule has 0 aliphatic rings. The Hall–Kier alpha value is -1.73. The van der Waals surface area contributed by atoms with Crippen LogP contribution in [0.2, 0.25) is 0 Å². The van der Waals surface area contributed by atoms with E-state index >= 15 is 0 Å². The average Bonchev–Trinajstić information content (AvgIpc) is 2.38. The van der Waals surface area contributed by atoms with Gasteiger partial charge in [-0.25, -0.2) is 4.39 Å². The molecule has 1 aromatic rings. The molecule has 0 unspecified atom stereocenters. The molecule has 1 aromatic carbocycles. The standard InChI is InChI=1S/C13H19FN4OS/c1-9-4-5-10(8-11(9)14)15-13(20)17-16-12(19)6-7-18(2)3/h4-5,8H,6-7H2,1-3H3,(H,16,19)(H2,15,17,20). The zero-order valence-electron chi connectivity index (χ0n) is 11.8. The van der Waals surface area contributed by atoms with Crippen LogP contribution in [0.4, 0.5) is 10.1 Å². The summed E-state index contributed by atoms with van der Waals surface area (Å²) in [6, 6.07) is 4.70. The fraction of sp³-hybridized carbons (Fsp3) is 0.385. The van der Waals surface area contributed by atoms with Crippen LogP contribution in [0, 0.1) is 12.7 Å². The van der Waals surface area contributed by atoms with Gasteiger partial charge in [-0.05, 0) is 50.9 Å². The van der Waals surface area contributed by atoms with Crippen LogP contribution in [0.1, 0.15) is 12.0 Å². The number of hydrogen-bond donors (Lipinski definition) is 3. The van der Waals surface area contributed by atoms with Crippen LogP contribution in [-0.4, -0.2) is 36.6 Å². The highest BCUT2D eigenvalue weighted by atomic mass is 32.1. The van der Waals surface area contributed by atoms with E-state index in [9.17, 15) is 9.18 Å². The lowest BCUT2D eigenvalue weighted by atomic mass is 10.2. The summed E-state index contributed by atoms with van der Waals surface area (Å²) in [4.78, 5) is 13.4. The second-order valence-corrected chi connectivity index (χ2v) is 5.05. The van der Waals surface area contributed by atoms with Crippen molar-refractivity contribution < 1.29 is 9.18 Å². The Labute approximate surface area is 123 Å². The quantitative estimate of drug-likeness (QED) is 0.579. The van der Waals surface area contributed by atoms with Crippen molar-refractivity contribution in [3.8, 4) is 0 Å². The van der Waals surface area contributed by atoms with E-state index in [0.29, 0.717) is 24.2 Å². The number of carbonyl (C=O) groups is 1. The van der Waals surface area contributed by atoms with Gasteiger partial charge in [-0.15, -0.1) is 0 Å². The summed E-state index contributed by atoms with van der Waals surface area (Å²) in [5, 5.41) is 2.99. The van der Waals surface area contributed by atoms with Crippen molar-refractivity contribution in [2.24, 2.45) is 0 Å². The molecule has 0 fully saturated rings. The van der Waals surface area contributed by atoms with E-state index in [1.165, 1.54) is 6.07 Å². The van der Waals surface area contributed by atoms with Crippen LogP contribution in [-0.2, 0) is 4.79 Å². The lowest BCUT2D eigenvalue weighted by Gasteiger charge is -2.13. The van der Waals surface area contributed by atoms with Gasteiger partial charge in [0.15, 0.2) is 5.11 Å². The number of anilines is 1. The topological polar surface area (TPSA) is 56.4 Å². The zero-order chi connectivity index (χ0) is 15.1. The summed E-state index contributed by atoms with van der Waals surface area (Å²) in [5.74, 6) is -0.481.